The highest BCUT2D eigenvalue weighted by Crippen LogP contribution is 2.17. The van der Waals surface area contributed by atoms with E-state index in [0.717, 1.165) is 17.0 Å². The summed E-state index contributed by atoms with van der Waals surface area (Å²) in [7, 11) is 0. The number of aryl methyl sites for hydroxylation is 2. The number of nitrogens with one attached hydrogen (secondary N) is 2. The van der Waals surface area contributed by atoms with Crippen LogP contribution in [0.5, 0.6) is 0 Å². The molecule has 4 heteroatoms. The van der Waals surface area contributed by atoms with Crippen molar-refractivity contribution in [3.8, 4) is 0 Å². The predicted molar refractivity (Wildman–Crippen MR) is 56.9 cm³/mol. The molecule has 2 rings (SSSR count). The Hall–Kier alpha value is -1.68. The monoisotopic (exact) mass is 203 g/mol. The molecule has 1 aliphatic heterocycles. The van der Waals surface area contributed by atoms with Gasteiger partial charge in [0.25, 0.3) is 5.91 Å². The number of aromatic nitrogens is 1. The third-order valence-electron chi connectivity index (χ3n) is 2.25. The Kier molecular flexibility index (Phi) is 2.51. The van der Waals surface area contributed by atoms with E-state index in [4.69, 9.17) is 0 Å². The summed E-state index contributed by atoms with van der Waals surface area (Å²) >= 11 is 0. The highest BCUT2D eigenvalue weighted by molar-refractivity contribution is 5.88. The van der Waals surface area contributed by atoms with E-state index in [1.807, 2.05) is 32.1 Å². The van der Waals surface area contributed by atoms with Crippen LogP contribution in [-0.2, 0) is 4.79 Å². The SMILES string of the molecule is Cc1cc(C2C=CC(=O)NN2)cc(C)n1. The van der Waals surface area contributed by atoms with E-state index in [1.165, 1.54) is 6.08 Å². The summed E-state index contributed by atoms with van der Waals surface area (Å²) in [5.74, 6) is -0.117. The highest BCUT2D eigenvalue weighted by atomic mass is 16.2. The first kappa shape index (κ1) is 9.86. The summed E-state index contributed by atoms with van der Waals surface area (Å²) in [6.45, 7) is 3.92. The fourth-order valence-electron chi connectivity index (χ4n) is 1.66. The Morgan fingerprint density at radius 1 is 1.27 bits per heavy atom. The molecular formula is C11H13N3O. The molecule has 0 saturated heterocycles. The molecule has 1 atom stereocenters. The zero-order valence-corrected chi connectivity index (χ0v) is 8.74. The second-order valence-electron chi connectivity index (χ2n) is 3.65. The van der Waals surface area contributed by atoms with Gasteiger partial charge in [-0.1, -0.05) is 6.08 Å². The first-order valence-electron chi connectivity index (χ1n) is 4.84. The van der Waals surface area contributed by atoms with Crippen molar-refractivity contribution in [3.63, 3.8) is 0 Å². The van der Waals surface area contributed by atoms with Gasteiger partial charge in [0.1, 0.15) is 0 Å². The van der Waals surface area contributed by atoms with Crippen LogP contribution < -0.4 is 10.9 Å². The summed E-state index contributed by atoms with van der Waals surface area (Å²) in [5, 5.41) is 0. The van der Waals surface area contributed by atoms with Gasteiger partial charge >= 0.3 is 0 Å². The second-order valence-corrected chi connectivity index (χ2v) is 3.65. The number of hydrazine groups is 1. The molecule has 4 nitrogen and oxygen atoms in total. The third-order valence-corrected chi connectivity index (χ3v) is 2.25. The predicted octanol–water partition coefficient (Wildman–Crippen LogP) is 0.930. The van der Waals surface area contributed by atoms with Crippen LogP contribution in [-0.4, -0.2) is 10.9 Å². The lowest BCUT2D eigenvalue weighted by atomic mass is 10.1. The lowest BCUT2D eigenvalue weighted by Gasteiger charge is -2.19. The van der Waals surface area contributed by atoms with Crippen LogP contribution in [0.1, 0.15) is 23.0 Å². The quantitative estimate of drug-likeness (QED) is 0.714. The lowest BCUT2D eigenvalue weighted by Crippen LogP contribution is -2.41. The van der Waals surface area contributed by atoms with E-state index in [0.29, 0.717) is 0 Å². The summed E-state index contributed by atoms with van der Waals surface area (Å²) in [6.07, 6.45) is 3.37. The number of pyridine rings is 1. The van der Waals surface area contributed by atoms with Crippen LogP contribution in [0.4, 0.5) is 0 Å². The molecule has 1 unspecified atom stereocenters. The Bertz CT molecular complexity index is 406. The lowest BCUT2D eigenvalue weighted by molar-refractivity contribution is -0.118. The molecule has 1 aliphatic rings. The highest BCUT2D eigenvalue weighted by Gasteiger charge is 2.13. The Balaban J connectivity index is 2.30. The molecule has 0 bridgehead atoms. The van der Waals surface area contributed by atoms with Gasteiger partial charge in [0.2, 0.25) is 0 Å². The Labute approximate surface area is 88.4 Å². The van der Waals surface area contributed by atoms with Gasteiger partial charge in [-0.2, -0.15) is 0 Å². The van der Waals surface area contributed by atoms with Gasteiger partial charge in [0.05, 0.1) is 6.04 Å². The number of nitrogens with zero attached hydrogens (tertiary/aromatic N) is 1. The van der Waals surface area contributed by atoms with Gasteiger partial charge in [-0.25, -0.2) is 5.43 Å². The molecule has 78 valence electrons. The van der Waals surface area contributed by atoms with Gasteiger partial charge in [-0.05, 0) is 31.5 Å². The van der Waals surface area contributed by atoms with E-state index in [9.17, 15) is 4.79 Å². The minimum atomic E-state index is -0.117. The van der Waals surface area contributed by atoms with E-state index >= 15 is 0 Å². The largest absolute Gasteiger partial charge is 0.287 e. The minimum absolute atomic E-state index is 0.0306. The zero-order chi connectivity index (χ0) is 10.8. The van der Waals surface area contributed by atoms with E-state index in [-0.39, 0.29) is 11.9 Å². The van der Waals surface area contributed by atoms with Crippen LogP contribution in [0.25, 0.3) is 0 Å². The number of amides is 1. The van der Waals surface area contributed by atoms with Crippen molar-refractivity contribution in [3.05, 3.63) is 41.2 Å². The van der Waals surface area contributed by atoms with E-state index < -0.39 is 0 Å². The van der Waals surface area contributed by atoms with Gasteiger partial charge in [0, 0.05) is 17.5 Å². The van der Waals surface area contributed by atoms with Crippen LogP contribution >= 0.6 is 0 Å². The van der Waals surface area contributed by atoms with Crippen molar-refractivity contribution in [1.82, 2.24) is 15.8 Å². The molecule has 0 saturated carbocycles. The first-order chi connectivity index (χ1) is 7.15. The summed E-state index contributed by atoms with van der Waals surface area (Å²) in [5.41, 5.74) is 8.57. The minimum Gasteiger partial charge on any atom is -0.287 e. The average molecular weight is 203 g/mol. The molecule has 0 aromatic carbocycles. The van der Waals surface area contributed by atoms with Crippen LogP contribution in [0.3, 0.4) is 0 Å². The fraction of sp³-hybridized carbons (Fsp3) is 0.273. The summed E-state index contributed by atoms with van der Waals surface area (Å²) < 4.78 is 0. The van der Waals surface area contributed by atoms with Crippen molar-refractivity contribution in [1.29, 1.82) is 0 Å². The average Bonchev–Trinajstić information content (AvgIpc) is 2.17. The molecule has 2 N–H and O–H groups in total. The second kappa shape index (κ2) is 3.82. The van der Waals surface area contributed by atoms with Gasteiger partial charge in [-0.15, -0.1) is 0 Å². The maximum Gasteiger partial charge on any atom is 0.257 e. The number of rotatable bonds is 1. The number of hydrogen-bond donors (Lipinski definition) is 2. The summed E-state index contributed by atoms with van der Waals surface area (Å²) in [6, 6.07) is 4.04. The van der Waals surface area contributed by atoms with E-state index in [1.54, 1.807) is 0 Å². The number of carbonyl (C=O) groups excluding carboxylic acids is 1. The van der Waals surface area contributed by atoms with Crippen LogP contribution in [0.15, 0.2) is 24.3 Å². The molecule has 1 aromatic rings. The molecule has 0 fully saturated rings. The number of hydrogen-bond acceptors (Lipinski definition) is 3. The van der Waals surface area contributed by atoms with Gasteiger partial charge in [0.15, 0.2) is 0 Å². The molecule has 2 heterocycles. The van der Waals surface area contributed by atoms with Crippen LogP contribution in [0.2, 0.25) is 0 Å². The Morgan fingerprint density at radius 2 is 1.93 bits per heavy atom. The maximum absolute atomic E-state index is 10.9. The first-order valence-corrected chi connectivity index (χ1v) is 4.84. The summed E-state index contributed by atoms with van der Waals surface area (Å²) in [4.78, 5) is 15.2. The van der Waals surface area contributed by atoms with Gasteiger partial charge < -0.3 is 0 Å². The van der Waals surface area contributed by atoms with E-state index in [2.05, 4.69) is 15.8 Å². The van der Waals surface area contributed by atoms with Crippen molar-refractivity contribution in [2.24, 2.45) is 0 Å². The van der Waals surface area contributed by atoms with Gasteiger partial charge in [-0.3, -0.25) is 15.2 Å². The molecule has 0 spiro atoms. The standard InChI is InChI=1S/C11H13N3O/c1-7-5-9(6-8(2)12-7)10-3-4-11(15)14-13-10/h3-6,10,13H,1-2H3,(H,14,15). The van der Waals surface area contributed by atoms with Crippen LogP contribution in [0, 0.1) is 13.8 Å². The Morgan fingerprint density at radius 3 is 2.47 bits per heavy atom. The molecule has 0 aliphatic carbocycles. The molecule has 1 amide bonds. The maximum atomic E-state index is 10.9. The smallest absolute Gasteiger partial charge is 0.257 e. The molecular weight excluding hydrogens is 190 g/mol. The topological polar surface area (TPSA) is 54.0 Å². The van der Waals surface area contributed by atoms with Crippen molar-refractivity contribution < 1.29 is 4.79 Å². The zero-order valence-electron chi connectivity index (χ0n) is 8.74. The normalized spacial score (nSPS) is 20.1. The molecule has 1 aromatic heterocycles. The number of carbonyl (C=O) groups is 1. The third kappa shape index (κ3) is 2.22. The van der Waals surface area contributed by atoms with Crippen molar-refractivity contribution in [2.75, 3.05) is 0 Å². The van der Waals surface area contributed by atoms with Crippen molar-refractivity contribution in [2.45, 2.75) is 19.9 Å². The molecule has 0 radical (unpaired) electrons. The fourth-order valence-corrected chi connectivity index (χ4v) is 1.66. The molecule has 15 heavy (non-hydrogen) atoms. The van der Waals surface area contributed by atoms with Crippen molar-refractivity contribution >= 4 is 5.91 Å².